The van der Waals surface area contributed by atoms with E-state index >= 15 is 0 Å². The number of carbonyl (C=O) groups excluding carboxylic acids is 1. The Morgan fingerprint density at radius 2 is 1.95 bits per heavy atom. The number of nitrogens with zero attached hydrogens (tertiary/aromatic N) is 2. The minimum absolute atomic E-state index is 0.0199. The van der Waals surface area contributed by atoms with E-state index in [1.165, 1.54) is 0 Å². The van der Waals surface area contributed by atoms with E-state index in [0.717, 1.165) is 13.1 Å². The van der Waals surface area contributed by atoms with Gasteiger partial charge >= 0.3 is 6.09 Å². The molecule has 0 radical (unpaired) electrons. The number of amidine groups is 1. The zero-order valence-corrected chi connectivity index (χ0v) is 12.1. The van der Waals surface area contributed by atoms with Gasteiger partial charge in [-0.3, -0.25) is 0 Å². The van der Waals surface area contributed by atoms with Gasteiger partial charge in [0.05, 0.1) is 0 Å². The summed E-state index contributed by atoms with van der Waals surface area (Å²) in [4.78, 5) is 14.0. The summed E-state index contributed by atoms with van der Waals surface area (Å²) in [5.41, 5.74) is 4.34. The Bertz CT molecular complexity index is 354. The summed E-state index contributed by atoms with van der Waals surface area (Å²) in [5.74, 6) is 0.0199. The molecule has 1 amide bonds. The van der Waals surface area contributed by atoms with Crippen LogP contribution in [0.1, 0.15) is 33.6 Å². The quantitative estimate of drug-likeness (QED) is 0.298. The van der Waals surface area contributed by atoms with Gasteiger partial charge in [0.1, 0.15) is 11.1 Å². The molecule has 0 aromatic rings. The van der Waals surface area contributed by atoms with Crippen LogP contribution in [0.15, 0.2) is 5.16 Å². The molecule has 1 aliphatic rings. The Labute approximate surface area is 113 Å². The van der Waals surface area contributed by atoms with Crippen molar-refractivity contribution in [1.82, 2.24) is 10.2 Å². The fourth-order valence-corrected chi connectivity index (χ4v) is 2.04. The molecule has 0 aliphatic carbocycles. The second kappa shape index (κ2) is 5.64. The minimum atomic E-state index is -0.830. The van der Waals surface area contributed by atoms with E-state index < -0.39 is 17.2 Å². The summed E-state index contributed by atoms with van der Waals surface area (Å²) in [6, 6.07) is 0. The van der Waals surface area contributed by atoms with Crippen molar-refractivity contribution >= 4 is 11.9 Å². The second-order valence-electron chi connectivity index (χ2n) is 6.00. The Balaban J connectivity index is 2.79. The van der Waals surface area contributed by atoms with Crippen molar-refractivity contribution in [2.45, 2.75) is 44.8 Å². The SMILES string of the molecule is CN1CCC(NC(=O)OC(C)(C)C)(C(N)=NO)CC1. The van der Waals surface area contributed by atoms with Gasteiger partial charge in [-0.1, -0.05) is 5.16 Å². The molecular formula is C12H24N4O3. The molecule has 7 nitrogen and oxygen atoms in total. The monoisotopic (exact) mass is 272 g/mol. The van der Waals surface area contributed by atoms with Crippen LogP contribution in [-0.4, -0.2) is 53.3 Å². The van der Waals surface area contributed by atoms with Crippen molar-refractivity contribution in [3.05, 3.63) is 0 Å². The first-order chi connectivity index (χ1) is 8.68. The lowest BCUT2D eigenvalue weighted by atomic mass is 9.86. The summed E-state index contributed by atoms with van der Waals surface area (Å²) in [7, 11) is 1.99. The number of hydrogen-bond acceptors (Lipinski definition) is 5. The molecule has 1 fully saturated rings. The molecule has 0 aromatic carbocycles. The Kier molecular flexibility index (Phi) is 4.62. The fourth-order valence-electron chi connectivity index (χ4n) is 2.04. The number of piperidine rings is 1. The second-order valence-corrected chi connectivity index (χ2v) is 6.00. The van der Waals surface area contributed by atoms with Crippen molar-refractivity contribution in [2.24, 2.45) is 10.9 Å². The number of likely N-dealkylation sites (tertiary alicyclic amines) is 1. The first kappa shape index (κ1) is 15.6. The normalized spacial score (nSPS) is 20.9. The van der Waals surface area contributed by atoms with Crippen molar-refractivity contribution in [3.8, 4) is 0 Å². The lowest BCUT2D eigenvalue weighted by Gasteiger charge is -2.40. The molecular weight excluding hydrogens is 248 g/mol. The summed E-state index contributed by atoms with van der Waals surface area (Å²) >= 11 is 0. The molecule has 7 heteroatoms. The molecule has 1 saturated heterocycles. The van der Waals surface area contributed by atoms with Crippen molar-refractivity contribution < 1.29 is 14.7 Å². The van der Waals surface area contributed by atoms with Crippen molar-refractivity contribution in [3.63, 3.8) is 0 Å². The topological polar surface area (TPSA) is 100 Å². The number of nitrogens with one attached hydrogen (secondary N) is 1. The van der Waals surface area contributed by atoms with Gasteiger partial charge in [-0.25, -0.2) is 4.79 Å². The molecule has 0 bridgehead atoms. The average molecular weight is 272 g/mol. The van der Waals surface area contributed by atoms with E-state index in [-0.39, 0.29) is 5.84 Å². The third-order valence-corrected chi connectivity index (χ3v) is 3.18. The number of alkyl carbamates (subject to hydrolysis) is 1. The highest BCUT2D eigenvalue weighted by Crippen LogP contribution is 2.22. The molecule has 19 heavy (non-hydrogen) atoms. The highest BCUT2D eigenvalue weighted by Gasteiger charge is 2.40. The highest BCUT2D eigenvalue weighted by molar-refractivity contribution is 5.92. The average Bonchev–Trinajstić information content (AvgIpc) is 2.29. The van der Waals surface area contributed by atoms with Crippen molar-refractivity contribution in [2.75, 3.05) is 20.1 Å². The molecule has 0 aromatic heterocycles. The smallest absolute Gasteiger partial charge is 0.408 e. The number of oxime groups is 1. The lowest BCUT2D eigenvalue weighted by molar-refractivity contribution is 0.0450. The van der Waals surface area contributed by atoms with Gasteiger partial charge in [-0.05, 0) is 40.7 Å². The summed E-state index contributed by atoms with van der Waals surface area (Å²) in [6.07, 6.45) is 0.612. The number of ether oxygens (including phenoxy) is 1. The van der Waals surface area contributed by atoms with E-state index in [1.54, 1.807) is 20.8 Å². The van der Waals surface area contributed by atoms with Gasteiger partial charge < -0.3 is 25.9 Å². The Hall–Kier alpha value is -1.50. The van der Waals surface area contributed by atoms with E-state index in [2.05, 4.69) is 15.4 Å². The van der Waals surface area contributed by atoms with Gasteiger partial charge in [0.25, 0.3) is 0 Å². The van der Waals surface area contributed by atoms with Crippen LogP contribution in [0.4, 0.5) is 4.79 Å². The minimum Gasteiger partial charge on any atom is -0.444 e. The highest BCUT2D eigenvalue weighted by atomic mass is 16.6. The molecule has 4 N–H and O–H groups in total. The van der Waals surface area contributed by atoms with Gasteiger partial charge in [-0.15, -0.1) is 0 Å². The maximum Gasteiger partial charge on any atom is 0.408 e. The Morgan fingerprint density at radius 1 is 1.42 bits per heavy atom. The molecule has 0 spiro atoms. The third kappa shape index (κ3) is 4.27. The van der Waals surface area contributed by atoms with Crippen LogP contribution < -0.4 is 11.1 Å². The van der Waals surface area contributed by atoms with Crippen LogP contribution in [0.3, 0.4) is 0 Å². The molecule has 110 valence electrons. The predicted molar refractivity (Wildman–Crippen MR) is 72.2 cm³/mol. The number of rotatable bonds is 2. The molecule has 1 rings (SSSR count). The number of hydrogen-bond donors (Lipinski definition) is 3. The third-order valence-electron chi connectivity index (χ3n) is 3.18. The summed E-state index contributed by atoms with van der Waals surface area (Å²) in [5, 5.41) is 14.7. The van der Waals surface area contributed by atoms with Crippen LogP contribution in [-0.2, 0) is 4.74 Å². The van der Waals surface area contributed by atoms with Crippen LogP contribution >= 0.6 is 0 Å². The predicted octanol–water partition coefficient (Wildman–Crippen LogP) is 0.722. The number of nitrogens with two attached hydrogens (primary N) is 1. The fraction of sp³-hybridized carbons (Fsp3) is 0.833. The standard InChI is InChI=1S/C12H24N4O3/c1-11(2,3)19-10(17)14-12(9(13)15-18)5-7-16(4)8-6-12/h18H,5-8H2,1-4H3,(H2,13,15)(H,14,17). The molecule has 1 heterocycles. The Morgan fingerprint density at radius 3 is 2.37 bits per heavy atom. The van der Waals surface area contributed by atoms with E-state index in [9.17, 15) is 4.79 Å². The van der Waals surface area contributed by atoms with E-state index in [4.69, 9.17) is 15.7 Å². The number of carbonyl (C=O) groups is 1. The van der Waals surface area contributed by atoms with Gasteiger partial charge in [-0.2, -0.15) is 0 Å². The maximum atomic E-state index is 11.9. The molecule has 0 unspecified atom stereocenters. The number of amides is 1. The first-order valence-electron chi connectivity index (χ1n) is 6.36. The van der Waals surface area contributed by atoms with E-state index in [0.29, 0.717) is 12.8 Å². The lowest BCUT2D eigenvalue weighted by Crippen LogP contribution is -2.62. The van der Waals surface area contributed by atoms with Crippen LogP contribution in [0, 0.1) is 0 Å². The molecule has 1 aliphatic heterocycles. The van der Waals surface area contributed by atoms with Crippen LogP contribution in [0.2, 0.25) is 0 Å². The van der Waals surface area contributed by atoms with Gasteiger partial charge in [0, 0.05) is 13.1 Å². The summed E-state index contributed by atoms with van der Waals surface area (Å²) in [6.45, 7) is 6.88. The summed E-state index contributed by atoms with van der Waals surface area (Å²) < 4.78 is 5.23. The first-order valence-corrected chi connectivity index (χ1v) is 6.36. The van der Waals surface area contributed by atoms with E-state index in [1.807, 2.05) is 7.05 Å². The molecule has 0 atom stereocenters. The van der Waals surface area contributed by atoms with Crippen LogP contribution in [0.5, 0.6) is 0 Å². The van der Waals surface area contributed by atoms with Gasteiger partial charge in [0.2, 0.25) is 0 Å². The largest absolute Gasteiger partial charge is 0.444 e. The zero-order chi connectivity index (χ0) is 14.7. The van der Waals surface area contributed by atoms with Gasteiger partial charge in [0.15, 0.2) is 5.84 Å². The maximum absolute atomic E-state index is 11.9. The molecule has 0 saturated carbocycles. The van der Waals surface area contributed by atoms with Crippen molar-refractivity contribution in [1.29, 1.82) is 0 Å². The zero-order valence-electron chi connectivity index (χ0n) is 12.1. The van der Waals surface area contributed by atoms with Crippen LogP contribution in [0.25, 0.3) is 0 Å².